The highest BCUT2D eigenvalue weighted by atomic mass is 16.4. The molecule has 0 saturated carbocycles. The number of piperidine rings is 1. The molecular weight excluding hydrogens is 178 g/mol. The maximum absolute atomic E-state index is 11.1. The molecule has 0 aliphatic carbocycles. The van der Waals surface area contributed by atoms with Crippen molar-refractivity contribution >= 4 is 5.97 Å². The van der Waals surface area contributed by atoms with Gasteiger partial charge in [-0.3, -0.25) is 9.69 Å². The lowest BCUT2D eigenvalue weighted by Crippen LogP contribution is -2.48. The standard InChI is InChI=1S/C11H21NO2/c1-8(2)7-12-5-4-9(3)6-10(12)11(13)14/h8-10H,4-7H2,1-3H3,(H,13,14). The fraction of sp³-hybridized carbons (Fsp3) is 0.909. The van der Waals surface area contributed by atoms with Crippen molar-refractivity contribution in [1.82, 2.24) is 4.90 Å². The van der Waals surface area contributed by atoms with Gasteiger partial charge in [-0.15, -0.1) is 0 Å². The van der Waals surface area contributed by atoms with Crippen LogP contribution in [-0.4, -0.2) is 35.1 Å². The molecule has 1 heterocycles. The van der Waals surface area contributed by atoms with Crippen LogP contribution < -0.4 is 0 Å². The van der Waals surface area contributed by atoms with E-state index in [0.29, 0.717) is 11.8 Å². The molecule has 14 heavy (non-hydrogen) atoms. The van der Waals surface area contributed by atoms with Crippen LogP contribution in [0.3, 0.4) is 0 Å². The monoisotopic (exact) mass is 199 g/mol. The van der Waals surface area contributed by atoms with Gasteiger partial charge in [0.1, 0.15) is 6.04 Å². The van der Waals surface area contributed by atoms with Crippen LogP contribution in [0.15, 0.2) is 0 Å². The van der Waals surface area contributed by atoms with E-state index >= 15 is 0 Å². The molecule has 82 valence electrons. The summed E-state index contributed by atoms with van der Waals surface area (Å²) < 4.78 is 0. The molecule has 3 nitrogen and oxygen atoms in total. The van der Waals surface area contributed by atoms with Crippen LogP contribution in [0.4, 0.5) is 0 Å². The van der Waals surface area contributed by atoms with E-state index in [1.165, 1.54) is 0 Å². The summed E-state index contributed by atoms with van der Waals surface area (Å²) in [4.78, 5) is 13.2. The van der Waals surface area contributed by atoms with E-state index < -0.39 is 5.97 Å². The van der Waals surface area contributed by atoms with E-state index in [9.17, 15) is 4.79 Å². The first kappa shape index (κ1) is 11.5. The summed E-state index contributed by atoms with van der Waals surface area (Å²) in [6.45, 7) is 8.26. The van der Waals surface area contributed by atoms with Crippen LogP contribution in [0, 0.1) is 11.8 Å². The van der Waals surface area contributed by atoms with E-state index in [2.05, 4.69) is 25.7 Å². The molecule has 1 fully saturated rings. The summed E-state index contributed by atoms with van der Waals surface area (Å²) in [5.41, 5.74) is 0. The van der Waals surface area contributed by atoms with E-state index in [-0.39, 0.29) is 6.04 Å². The summed E-state index contributed by atoms with van der Waals surface area (Å²) in [7, 11) is 0. The predicted molar refractivity (Wildman–Crippen MR) is 56.2 cm³/mol. The molecule has 0 aromatic rings. The highest BCUT2D eigenvalue weighted by Crippen LogP contribution is 2.23. The average Bonchev–Trinajstić information content (AvgIpc) is 2.07. The maximum atomic E-state index is 11.1. The summed E-state index contributed by atoms with van der Waals surface area (Å²) in [6.07, 6.45) is 1.94. The Labute approximate surface area is 86.1 Å². The Bertz CT molecular complexity index is 203. The zero-order chi connectivity index (χ0) is 10.7. The van der Waals surface area contributed by atoms with Crippen molar-refractivity contribution in [3.05, 3.63) is 0 Å². The molecule has 0 spiro atoms. The molecule has 0 aromatic heterocycles. The quantitative estimate of drug-likeness (QED) is 0.754. The third kappa shape index (κ3) is 2.98. The Hall–Kier alpha value is -0.570. The second-order valence-corrected chi connectivity index (χ2v) is 4.87. The number of carboxylic acid groups (broad SMARTS) is 1. The fourth-order valence-electron chi connectivity index (χ4n) is 2.13. The molecule has 1 saturated heterocycles. The molecule has 1 N–H and O–H groups in total. The molecule has 1 aliphatic heterocycles. The minimum absolute atomic E-state index is 0.249. The van der Waals surface area contributed by atoms with E-state index in [4.69, 9.17) is 5.11 Å². The molecule has 0 bridgehead atoms. The average molecular weight is 199 g/mol. The van der Waals surface area contributed by atoms with E-state index in [0.717, 1.165) is 25.9 Å². The summed E-state index contributed by atoms with van der Waals surface area (Å²) in [5.74, 6) is 0.446. The fourth-order valence-corrected chi connectivity index (χ4v) is 2.13. The van der Waals surface area contributed by atoms with Crippen LogP contribution in [0.5, 0.6) is 0 Å². The summed E-state index contributed by atoms with van der Waals surface area (Å²) in [6, 6.07) is -0.249. The molecule has 1 aliphatic rings. The van der Waals surface area contributed by atoms with Crippen LogP contribution in [0.25, 0.3) is 0 Å². The SMILES string of the molecule is CC(C)CN1CCC(C)CC1C(=O)O. The van der Waals surface area contributed by atoms with Gasteiger partial charge in [-0.1, -0.05) is 20.8 Å². The summed E-state index contributed by atoms with van der Waals surface area (Å²) >= 11 is 0. The third-order valence-electron chi connectivity index (χ3n) is 2.86. The van der Waals surface area contributed by atoms with Crippen molar-refractivity contribution in [2.24, 2.45) is 11.8 Å². The Morgan fingerprint density at radius 3 is 2.71 bits per heavy atom. The van der Waals surface area contributed by atoms with Gasteiger partial charge in [0.05, 0.1) is 0 Å². The molecule has 0 aromatic carbocycles. The van der Waals surface area contributed by atoms with Crippen LogP contribution in [-0.2, 0) is 4.79 Å². The van der Waals surface area contributed by atoms with E-state index in [1.54, 1.807) is 0 Å². The Kier molecular flexibility index (Phi) is 3.93. The van der Waals surface area contributed by atoms with Gasteiger partial charge in [0.15, 0.2) is 0 Å². The second-order valence-electron chi connectivity index (χ2n) is 4.87. The van der Waals surface area contributed by atoms with Crippen molar-refractivity contribution in [2.45, 2.75) is 39.7 Å². The largest absolute Gasteiger partial charge is 0.480 e. The minimum atomic E-state index is -0.655. The molecule has 0 amide bonds. The van der Waals surface area contributed by atoms with Gasteiger partial charge in [0, 0.05) is 6.54 Å². The maximum Gasteiger partial charge on any atom is 0.320 e. The number of carbonyl (C=O) groups is 1. The topological polar surface area (TPSA) is 40.5 Å². The Morgan fingerprint density at radius 1 is 1.57 bits per heavy atom. The minimum Gasteiger partial charge on any atom is -0.480 e. The van der Waals surface area contributed by atoms with Crippen molar-refractivity contribution in [3.8, 4) is 0 Å². The molecule has 2 atom stereocenters. The normalized spacial score (nSPS) is 29.4. The molecule has 0 radical (unpaired) electrons. The second kappa shape index (κ2) is 4.78. The number of likely N-dealkylation sites (tertiary alicyclic amines) is 1. The number of hydrogen-bond donors (Lipinski definition) is 1. The van der Waals surface area contributed by atoms with Gasteiger partial charge in [0.25, 0.3) is 0 Å². The first-order chi connectivity index (χ1) is 6.50. The number of carboxylic acids is 1. The highest BCUT2D eigenvalue weighted by Gasteiger charge is 2.31. The number of hydrogen-bond acceptors (Lipinski definition) is 2. The number of rotatable bonds is 3. The number of aliphatic carboxylic acids is 1. The van der Waals surface area contributed by atoms with Crippen molar-refractivity contribution in [3.63, 3.8) is 0 Å². The Balaban J connectivity index is 2.58. The highest BCUT2D eigenvalue weighted by molar-refractivity contribution is 5.73. The zero-order valence-electron chi connectivity index (χ0n) is 9.36. The van der Waals surface area contributed by atoms with Crippen LogP contribution >= 0.6 is 0 Å². The lowest BCUT2D eigenvalue weighted by molar-refractivity contribution is -0.145. The number of nitrogens with zero attached hydrogens (tertiary/aromatic N) is 1. The molecule has 3 heteroatoms. The smallest absolute Gasteiger partial charge is 0.320 e. The molecule has 1 rings (SSSR count). The van der Waals surface area contributed by atoms with Crippen LogP contribution in [0.1, 0.15) is 33.6 Å². The van der Waals surface area contributed by atoms with Gasteiger partial charge >= 0.3 is 5.97 Å². The predicted octanol–water partition coefficient (Wildman–Crippen LogP) is 1.83. The summed E-state index contributed by atoms with van der Waals surface area (Å²) in [5, 5.41) is 9.10. The Morgan fingerprint density at radius 2 is 2.21 bits per heavy atom. The first-order valence-electron chi connectivity index (χ1n) is 5.47. The van der Waals surface area contributed by atoms with E-state index in [1.807, 2.05) is 0 Å². The van der Waals surface area contributed by atoms with Crippen molar-refractivity contribution in [1.29, 1.82) is 0 Å². The zero-order valence-corrected chi connectivity index (χ0v) is 9.36. The first-order valence-corrected chi connectivity index (χ1v) is 5.47. The molecular formula is C11H21NO2. The third-order valence-corrected chi connectivity index (χ3v) is 2.86. The van der Waals surface area contributed by atoms with Crippen molar-refractivity contribution in [2.75, 3.05) is 13.1 Å². The van der Waals surface area contributed by atoms with Gasteiger partial charge in [-0.2, -0.15) is 0 Å². The lowest BCUT2D eigenvalue weighted by Gasteiger charge is -2.36. The van der Waals surface area contributed by atoms with Gasteiger partial charge < -0.3 is 5.11 Å². The lowest BCUT2D eigenvalue weighted by atomic mass is 9.92. The van der Waals surface area contributed by atoms with Crippen LogP contribution in [0.2, 0.25) is 0 Å². The van der Waals surface area contributed by atoms with Crippen molar-refractivity contribution < 1.29 is 9.90 Å². The van der Waals surface area contributed by atoms with Gasteiger partial charge in [-0.05, 0) is 31.2 Å². The van der Waals surface area contributed by atoms with Gasteiger partial charge in [-0.25, -0.2) is 0 Å². The molecule has 2 unspecified atom stereocenters. The van der Waals surface area contributed by atoms with Gasteiger partial charge in [0.2, 0.25) is 0 Å².